The summed E-state index contributed by atoms with van der Waals surface area (Å²) in [6.07, 6.45) is -5.44. The molecule has 0 radical (unpaired) electrons. The van der Waals surface area contributed by atoms with E-state index in [4.69, 9.17) is 37.4 Å². The quantitative estimate of drug-likeness (QED) is 0.240. The number of hydrogen-bond donors (Lipinski definition) is 0. The molecule has 0 spiro atoms. The predicted molar refractivity (Wildman–Crippen MR) is 120 cm³/mol. The first kappa shape index (κ1) is 25.4. The maximum absolute atomic E-state index is 12.6. The van der Waals surface area contributed by atoms with Crippen molar-refractivity contribution in [2.75, 3.05) is 6.61 Å². The van der Waals surface area contributed by atoms with Crippen LogP contribution in [-0.2, 0) is 15.7 Å². The third-order valence-electron chi connectivity index (χ3n) is 4.46. The average Bonchev–Trinajstić information content (AvgIpc) is 2.78. The lowest BCUT2D eigenvalue weighted by molar-refractivity contribution is -0.149. The highest BCUT2D eigenvalue weighted by Crippen LogP contribution is 2.31. The van der Waals surface area contributed by atoms with E-state index in [1.807, 2.05) is 0 Å². The van der Waals surface area contributed by atoms with Gasteiger partial charge in [0.15, 0.2) is 12.7 Å². The molecule has 0 aliphatic carbocycles. The molecule has 0 saturated carbocycles. The minimum absolute atomic E-state index is 0.149. The summed E-state index contributed by atoms with van der Waals surface area (Å²) in [4.78, 5) is 24.4. The number of carbonyl (C=O) groups is 2. The minimum atomic E-state index is -4.43. The molecule has 34 heavy (non-hydrogen) atoms. The van der Waals surface area contributed by atoms with E-state index in [0.29, 0.717) is 16.5 Å². The van der Waals surface area contributed by atoms with Gasteiger partial charge in [0.2, 0.25) is 5.78 Å². The van der Waals surface area contributed by atoms with E-state index in [1.165, 1.54) is 61.5 Å². The summed E-state index contributed by atoms with van der Waals surface area (Å²) in [5.41, 5.74) is -0.599. The minimum Gasteiger partial charge on any atom is -0.479 e. The van der Waals surface area contributed by atoms with Crippen molar-refractivity contribution in [1.82, 2.24) is 0 Å². The first-order chi connectivity index (χ1) is 16.0. The lowest BCUT2D eigenvalue weighted by atomic mass is 10.1. The maximum atomic E-state index is 12.6. The molecule has 1 unspecified atom stereocenters. The third kappa shape index (κ3) is 6.88. The molecule has 5 nitrogen and oxygen atoms in total. The van der Waals surface area contributed by atoms with Crippen molar-refractivity contribution in [3.63, 3.8) is 0 Å². The van der Waals surface area contributed by atoms with Gasteiger partial charge >= 0.3 is 12.1 Å². The van der Waals surface area contributed by atoms with Gasteiger partial charge in [-0.3, -0.25) is 4.79 Å². The number of halogens is 5. The maximum Gasteiger partial charge on any atom is 0.416 e. The first-order valence-electron chi connectivity index (χ1n) is 9.79. The van der Waals surface area contributed by atoms with Crippen LogP contribution in [0.15, 0.2) is 66.7 Å². The van der Waals surface area contributed by atoms with Crippen LogP contribution in [0.4, 0.5) is 13.2 Å². The molecule has 0 bridgehead atoms. The van der Waals surface area contributed by atoms with E-state index in [1.54, 1.807) is 0 Å². The van der Waals surface area contributed by atoms with Gasteiger partial charge in [-0.1, -0.05) is 23.2 Å². The van der Waals surface area contributed by atoms with Crippen LogP contribution in [0.3, 0.4) is 0 Å². The molecule has 0 heterocycles. The Morgan fingerprint density at radius 3 is 2.00 bits per heavy atom. The van der Waals surface area contributed by atoms with Crippen molar-refractivity contribution in [3.8, 4) is 17.2 Å². The summed E-state index contributed by atoms with van der Waals surface area (Å²) in [6.45, 7) is 0.933. The number of hydrogen-bond acceptors (Lipinski definition) is 5. The van der Waals surface area contributed by atoms with Gasteiger partial charge in [0.25, 0.3) is 0 Å². The number of rotatable bonds is 8. The molecule has 3 aromatic rings. The van der Waals surface area contributed by atoms with Crippen LogP contribution >= 0.6 is 23.2 Å². The second kappa shape index (κ2) is 10.8. The highest BCUT2D eigenvalue weighted by molar-refractivity contribution is 6.36. The fourth-order valence-corrected chi connectivity index (χ4v) is 3.25. The van der Waals surface area contributed by atoms with Crippen LogP contribution < -0.4 is 9.47 Å². The molecular weight excluding hydrogens is 496 g/mol. The Hall–Kier alpha value is -3.23. The lowest BCUT2D eigenvalue weighted by Crippen LogP contribution is -2.28. The Labute approximate surface area is 203 Å². The summed E-state index contributed by atoms with van der Waals surface area (Å²) >= 11 is 11.8. The average molecular weight is 513 g/mol. The first-order valence-corrected chi connectivity index (χ1v) is 10.6. The Bertz CT molecular complexity index is 1160. The standard InChI is InChI=1S/C24H17Cl2F3O5/c1-14(23(31)32-13-22(30)20-11-4-16(25)12-21(20)26)33-17-7-9-19(10-8-17)34-18-5-2-15(3-6-18)24(27,28)29/h2-12,14H,13H2,1H3. The van der Waals surface area contributed by atoms with E-state index >= 15 is 0 Å². The fraction of sp³-hybridized carbons (Fsp3) is 0.167. The molecule has 1 atom stereocenters. The molecule has 178 valence electrons. The largest absolute Gasteiger partial charge is 0.479 e. The molecule has 0 aromatic heterocycles. The van der Waals surface area contributed by atoms with Gasteiger partial charge in [-0.2, -0.15) is 13.2 Å². The summed E-state index contributed by atoms with van der Waals surface area (Å²) in [7, 11) is 0. The van der Waals surface area contributed by atoms with Gasteiger partial charge < -0.3 is 14.2 Å². The van der Waals surface area contributed by atoms with Crippen molar-refractivity contribution in [3.05, 3.63) is 87.9 Å². The third-order valence-corrected chi connectivity index (χ3v) is 5.01. The van der Waals surface area contributed by atoms with Crippen molar-refractivity contribution < 1.29 is 37.0 Å². The van der Waals surface area contributed by atoms with Crippen molar-refractivity contribution in [1.29, 1.82) is 0 Å². The zero-order chi connectivity index (χ0) is 24.9. The summed E-state index contributed by atoms with van der Waals surface area (Å²) in [5.74, 6) is -0.358. The van der Waals surface area contributed by atoms with Gasteiger partial charge in [0.1, 0.15) is 17.2 Å². The molecule has 0 aliphatic rings. The highest BCUT2D eigenvalue weighted by atomic mass is 35.5. The van der Waals surface area contributed by atoms with E-state index in [9.17, 15) is 22.8 Å². The second-order valence-electron chi connectivity index (χ2n) is 7.01. The smallest absolute Gasteiger partial charge is 0.416 e. The number of esters is 1. The number of ketones is 1. The number of benzene rings is 3. The molecule has 0 saturated heterocycles. The normalized spacial score (nSPS) is 12.1. The summed E-state index contributed by atoms with van der Waals surface area (Å²) in [5, 5.41) is 0.521. The van der Waals surface area contributed by atoms with Gasteiger partial charge in [0, 0.05) is 10.6 Å². The topological polar surface area (TPSA) is 61.8 Å². The molecule has 0 aliphatic heterocycles. The van der Waals surface area contributed by atoms with Crippen molar-refractivity contribution >= 4 is 35.0 Å². The molecule has 3 aromatic carbocycles. The van der Waals surface area contributed by atoms with Crippen molar-refractivity contribution in [2.45, 2.75) is 19.2 Å². The van der Waals surface area contributed by atoms with Crippen LogP contribution in [0.1, 0.15) is 22.8 Å². The Morgan fingerprint density at radius 2 is 1.44 bits per heavy atom. The van der Waals surface area contributed by atoms with Crippen LogP contribution in [-0.4, -0.2) is 24.5 Å². The number of carbonyl (C=O) groups excluding carboxylic acids is 2. The molecular formula is C24H17Cl2F3O5. The van der Waals surface area contributed by atoms with Crippen LogP contribution in [0.5, 0.6) is 17.2 Å². The van der Waals surface area contributed by atoms with Gasteiger partial charge in [0.05, 0.1) is 10.6 Å². The van der Waals surface area contributed by atoms with Gasteiger partial charge in [-0.25, -0.2) is 4.79 Å². The van der Waals surface area contributed by atoms with Gasteiger partial charge in [-0.05, 0) is 73.7 Å². The van der Waals surface area contributed by atoms with E-state index in [-0.39, 0.29) is 16.3 Å². The number of Topliss-reactive ketones (excluding diaryl/α,β-unsaturated/α-hetero) is 1. The second-order valence-corrected chi connectivity index (χ2v) is 7.85. The van der Waals surface area contributed by atoms with E-state index in [2.05, 4.69) is 0 Å². The number of alkyl halides is 3. The van der Waals surface area contributed by atoms with Crippen LogP contribution in [0, 0.1) is 0 Å². The Kier molecular flexibility index (Phi) is 8.06. The van der Waals surface area contributed by atoms with E-state index in [0.717, 1.165) is 12.1 Å². The lowest BCUT2D eigenvalue weighted by Gasteiger charge is -2.14. The highest BCUT2D eigenvalue weighted by Gasteiger charge is 2.30. The SMILES string of the molecule is CC(Oc1ccc(Oc2ccc(C(F)(F)F)cc2)cc1)C(=O)OCC(=O)c1ccc(Cl)cc1Cl. The summed E-state index contributed by atoms with van der Waals surface area (Å²) < 4.78 is 53.9. The Morgan fingerprint density at radius 1 is 0.882 bits per heavy atom. The molecule has 3 rings (SSSR count). The van der Waals surface area contributed by atoms with Crippen molar-refractivity contribution in [2.24, 2.45) is 0 Å². The number of ether oxygens (including phenoxy) is 3. The molecule has 10 heteroatoms. The molecule has 0 N–H and O–H groups in total. The van der Waals surface area contributed by atoms with Gasteiger partial charge in [-0.15, -0.1) is 0 Å². The van der Waals surface area contributed by atoms with Crippen LogP contribution in [0.25, 0.3) is 0 Å². The van der Waals surface area contributed by atoms with Crippen LogP contribution in [0.2, 0.25) is 10.0 Å². The molecule has 0 amide bonds. The zero-order valence-electron chi connectivity index (χ0n) is 17.6. The summed E-state index contributed by atoms with van der Waals surface area (Å²) in [6, 6.07) is 14.7. The Balaban J connectivity index is 1.51. The monoisotopic (exact) mass is 512 g/mol. The zero-order valence-corrected chi connectivity index (χ0v) is 19.1. The fourth-order valence-electron chi connectivity index (χ4n) is 2.73. The van der Waals surface area contributed by atoms with E-state index < -0.39 is 36.2 Å². The predicted octanol–water partition coefficient (Wildman–Crippen LogP) is 7.00. The molecule has 0 fully saturated rings.